The molecule has 4 heteroatoms. The predicted molar refractivity (Wildman–Crippen MR) is 86.7 cm³/mol. The molecule has 0 bridgehead atoms. The lowest BCUT2D eigenvalue weighted by Gasteiger charge is -2.19. The van der Waals surface area contributed by atoms with Crippen LogP contribution in [0.15, 0.2) is 54.6 Å². The second kappa shape index (κ2) is 6.97. The molecular weight excluding hydrogens is 288 g/mol. The number of amides is 1. The number of nitriles is 1. The Morgan fingerprint density at radius 1 is 1.17 bits per heavy atom. The van der Waals surface area contributed by atoms with Gasteiger partial charge in [0.05, 0.1) is 17.7 Å². The van der Waals surface area contributed by atoms with Gasteiger partial charge in [-0.15, -0.1) is 0 Å². The molecule has 0 aliphatic heterocycles. The average Bonchev–Trinajstić information content (AvgIpc) is 3.44. The summed E-state index contributed by atoms with van der Waals surface area (Å²) >= 11 is 0. The smallest absolute Gasteiger partial charge is 0.258 e. The third-order valence-corrected chi connectivity index (χ3v) is 3.92. The number of nitrogens with one attached hydrogen (secondary N) is 1. The topological polar surface area (TPSA) is 62.1 Å². The molecule has 1 saturated carbocycles. The Morgan fingerprint density at radius 2 is 1.87 bits per heavy atom. The van der Waals surface area contributed by atoms with Crippen LogP contribution >= 0.6 is 0 Å². The van der Waals surface area contributed by atoms with E-state index in [-0.39, 0.29) is 18.6 Å². The lowest BCUT2D eigenvalue weighted by atomic mass is 10.0. The van der Waals surface area contributed by atoms with Gasteiger partial charge in [0.25, 0.3) is 5.91 Å². The van der Waals surface area contributed by atoms with Crippen molar-refractivity contribution in [3.8, 4) is 11.8 Å². The first-order valence-electron chi connectivity index (χ1n) is 7.73. The van der Waals surface area contributed by atoms with Gasteiger partial charge in [-0.1, -0.05) is 30.3 Å². The van der Waals surface area contributed by atoms with Crippen LogP contribution in [0.1, 0.15) is 30.0 Å². The maximum absolute atomic E-state index is 12.2. The number of hydrogen-bond donors (Lipinski definition) is 1. The van der Waals surface area contributed by atoms with E-state index in [9.17, 15) is 4.79 Å². The van der Waals surface area contributed by atoms with Gasteiger partial charge < -0.3 is 10.1 Å². The van der Waals surface area contributed by atoms with E-state index >= 15 is 0 Å². The van der Waals surface area contributed by atoms with Crippen molar-refractivity contribution in [1.29, 1.82) is 5.26 Å². The van der Waals surface area contributed by atoms with Crippen LogP contribution in [0.4, 0.5) is 0 Å². The van der Waals surface area contributed by atoms with E-state index in [0.717, 1.165) is 18.4 Å². The van der Waals surface area contributed by atoms with Gasteiger partial charge in [-0.3, -0.25) is 4.79 Å². The summed E-state index contributed by atoms with van der Waals surface area (Å²) in [4.78, 5) is 12.2. The fourth-order valence-electron chi connectivity index (χ4n) is 2.55. The molecule has 2 aromatic carbocycles. The Labute approximate surface area is 135 Å². The van der Waals surface area contributed by atoms with Gasteiger partial charge in [-0.25, -0.2) is 0 Å². The summed E-state index contributed by atoms with van der Waals surface area (Å²) in [5, 5.41) is 11.8. The third kappa shape index (κ3) is 4.10. The van der Waals surface area contributed by atoms with E-state index in [1.165, 1.54) is 0 Å². The first kappa shape index (κ1) is 15.1. The fraction of sp³-hybridized carbons (Fsp3) is 0.263. The summed E-state index contributed by atoms with van der Waals surface area (Å²) in [5.74, 6) is 0.980. The number of hydrogen-bond acceptors (Lipinski definition) is 3. The van der Waals surface area contributed by atoms with Gasteiger partial charge in [0.1, 0.15) is 5.75 Å². The van der Waals surface area contributed by atoms with Crippen molar-refractivity contribution in [2.24, 2.45) is 5.92 Å². The standard InChI is InChI=1S/C19H18N2O2/c20-12-14-6-10-17(11-7-14)23-13-18(22)21-19(16-8-9-16)15-4-2-1-3-5-15/h1-7,10-11,16,19H,8-9,13H2,(H,21,22). The number of carbonyl (C=O) groups is 1. The van der Waals surface area contributed by atoms with E-state index < -0.39 is 0 Å². The minimum absolute atomic E-state index is 0.0258. The molecule has 1 aliphatic rings. The monoisotopic (exact) mass is 306 g/mol. The van der Waals surface area contributed by atoms with Crippen LogP contribution in [0.5, 0.6) is 5.75 Å². The van der Waals surface area contributed by atoms with Crippen LogP contribution in [0.2, 0.25) is 0 Å². The first-order valence-corrected chi connectivity index (χ1v) is 7.73. The van der Waals surface area contributed by atoms with Gasteiger partial charge >= 0.3 is 0 Å². The Bertz CT molecular complexity index is 700. The Balaban J connectivity index is 1.56. The van der Waals surface area contributed by atoms with Crippen molar-refractivity contribution >= 4 is 5.91 Å². The molecule has 0 saturated heterocycles. The van der Waals surface area contributed by atoms with E-state index in [1.54, 1.807) is 24.3 Å². The molecule has 1 amide bonds. The van der Waals surface area contributed by atoms with Crippen LogP contribution in [0.25, 0.3) is 0 Å². The summed E-state index contributed by atoms with van der Waals surface area (Å²) < 4.78 is 5.48. The second-order valence-corrected chi connectivity index (χ2v) is 5.72. The second-order valence-electron chi connectivity index (χ2n) is 5.72. The lowest BCUT2D eigenvalue weighted by Crippen LogP contribution is -2.33. The van der Waals surface area contributed by atoms with Crippen molar-refractivity contribution in [2.75, 3.05) is 6.61 Å². The van der Waals surface area contributed by atoms with E-state index in [4.69, 9.17) is 10.00 Å². The van der Waals surface area contributed by atoms with Gasteiger partial charge in [0.15, 0.2) is 6.61 Å². The van der Waals surface area contributed by atoms with E-state index in [2.05, 4.69) is 5.32 Å². The molecule has 0 spiro atoms. The molecule has 1 N–H and O–H groups in total. The number of nitrogens with zero attached hydrogens (tertiary/aromatic N) is 1. The van der Waals surface area contributed by atoms with Gasteiger partial charge in [0.2, 0.25) is 0 Å². The highest BCUT2D eigenvalue weighted by molar-refractivity contribution is 5.78. The molecule has 1 unspecified atom stereocenters. The van der Waals surface area contributed by atoms with Crippen molar-refractivity contribution in [3.05, 3.63) is 65.7 Å². The lowest BCUT2D eigenvalue weighted by molar-refractivity contribution is -0.124. The molecule has 3 rings (SSSR count). The minimum Gasteiger partial charge on any atom is -0.484 e. The Kier molecular flexibility index (Phi) is 4.58. The van der Waals surface area contributed by atoms with Gasteiger partial charge in [-0.2, -0.15) is 5.26 Å². The number of rotatable bonds is 6. The summed E-state index contributed by atoms with van der Waals surface area (Å²) in [7, 11) is 0. The molecule has 0 aromatic heterocycles. The summed E-state index contributed by atoms with van der Waals surface area (Å²) in [6.07, 6.45) is 2.30. The zero-order valence-electron chi connectivity index (χ0n) is 12.7. The molecule has 0 radical (unpaired) electrons. The molecule has 116 valence electrons. The van der Waals surface area contributed by atoms with Crippen molar-refractivity contribution in [1.82, 2.24) is 5.32 Å². The summed E-state index contributed by atoms with van der Waals surface area (Å²) in [5.41, 5.74) is 1.71. The zero-order chi connectivity index (χ0) is 16.1. The van der Waals surface area contributed by atoms with Crippen LogP contribution in [0, 0.1) is 17.2 Å². The zero-order valence-corrected chi connectivity index (χ0v) is 12.7. The molecule has 0 heterocycles. The molecule has 1 fully saturated rings. The highest BCUT2D eigenvalue weighted by Crippen LogP contribution is 2.40. The highest BCUT2D eigenvalue weighted by Gasteiger charge is 2.33. The van der Waals surface area contributed by atoms with Crippen LogP contribution < -0.4 is 10.1 Å². The number of ether oxygens (including phenoxy) is 1. The third-order valence-electron chi connectivity index (χ3n) is 3.92. The molecule has 4 nitrogen and oxygen atoms in total. The largest absolute Gasteiger partial charge is 0.484 e. The average molecular weight is 306 g/mol. The van der Waals surface area contributed by atoms with Crippen molar-refractivity contribution in [3.63, 3.8) is 0 Å². The maximum atomic E-state index is 12.2. The molecule has 23 heavy (non-hydrogen) atoms. The SMILES string of the molecule is N#Cc1ccc(OCC(=O)NC(c2ccccc2)C2CC2)cc1. The molecule has 2 aromatic rings. The van der Waals surface area contributed by atoms with Gasteiger partial charge in [-0.05, 0) is 48.6 Å². The summed E-state index contributed by atoms with van der Waals surface area (Å²) in [6.45, 7) is -0.0258. The molecule has 1 aliphatic carbocycles. The first-order chi connectivity index (χ1) is 11.3. The van der Waals surface area contributed by atoms with Crippen LogP contribution in [-0.2, 0) is 4.79 Å². The quantitative estimate of drug-likeness (QED) is 0.891. The van der Waals surface area contributed by atoms with Crippen molar-refractivity contribution in [2.45, 2.75) is 18.9 Å². The van der Waals surface area contributed by atoms with Crippen LogP contribution in [0.3, 0.4) is 0 Å². The summed E-state index contributed by atoms with van der Waals surface area (Å²) in [6, 6.07) is 18.9. The molecule has 1 atom stereocenters. The maximum Gasteiger partial charge on any atom is 0.258 e. The van der Waals surface area contributed by atoms with Crippen molar-refractivity contribution < 1.29 is 9.53 Å². The van der Waals surface area contributed by atoms with Crippen LogP contribution in [-0.4, -0.2) is 12.5 Å². The highest BCUT2D eigenvalue weighted by atomic mass is 16.5. The number of benzene rings is 2. The van der Waals surface area contributed by atoms with Gasteiger partial charge in [0, 0.05) is 0 Å². The normalized spacial score (nSPS) is 14.6. The minimum atomic E-state index is -0.130. The fourth-order valence-corrected chi connectivity index (χ4v) is 2.55. The predicted octanol–water partition coefficient (Wildman–Crippen LogP) is 3.20. The number of carbonyl (C=O) groups excluding carboxylic acids is 1. The Hall–Kier alpha value is -2.80. The van der Waals surface area contributed by atoms with E-state index in [0.29, 0.717) is 17.2 Å². The van der Waals surface area contributed by atoms with E-state index in [1.807, 2.05) is 36.4 Å². The Morgan fingerprint density at radius 3 is 2.48 bits per heavy atom. The molecular formula is C19H18N2O2.